The lowest BCUT2D eigenvalue weighted by atomic mass is 10.1. The second kappa shape index (κ2) is 19.9. The lowest BCUT2D eigenvalue weighted by Gasteiger charge is -2.05. The third-order valence-electron chi connectivity index (χ3n) is 4.09. The van der Waals surface area contributed by atoms with Gasteiger partial charge in [0.2, 0.25) is 0 Å². The summed E-state index contributed by atoms with van der Waals surface area (Å²) in [5, 5.41) is 8.67. The first-order valence-electron chi connectivity index (χ1n) is 9.60. The predicted octanol–water partition coefficient (Wildman–Crippen LogP) is 5.87. The van der Waals surface area contributed by atoms with Crippen molar-refractivity contribution in [3.8, 4) is 0 Å². The zero-order valence-corrected chi connectivity index (χ0v) is 14.6. The van der Waals surface area contributed by atoms with Crippen molar-refractivity contribution in [3.63, 3.8) is 0 Å². The normalized spacial score (nSPS) is 11.1. The molecule has 0 spiro atoms. The zero-order chi connectivity index (χ0) is 15.4. The van der Waals surface area contributed by atoms with Gasteiger partial charge in [0.15, 0.2) is 0 Å². The van der Waals surface area contributed by atoms with Crippen LogP contribution in [0.1, 0.15) is 103 Å². The van der Waals surface area contributed by atoms with Crippen molar-refractivity contribution < 1.29 is 9.84 Å². The molecule has 128 valence electrons. The largest absolute Gasteiger partial charge is 0.396 e. The van der Waals surface area contributed by atoms with E-state index in [1.54, 1.807) is 0 Å². The summed E-state index contributed by atoms with van der Waals surface area (Å²) in [5.41, 5.74) is 0. The third-order valence-corrected chi connectivity index (χ3v) is 4.09. The molecule has 0 bridgehead atoms. The van der Waals surface area contributed by atoms with Crippen LogP contribution in [0.25, 0.3) is 0 Å². The Kier molecular flexibility index (Phi) is 19.8. The maximum atomic E-state index is 8.67. The zero-order valence-electron chi connectivity index (χ0n) is 14.6. The number of unbranched alkanes of at least 4 members (excludes halogenated alkanes) is 13. The summed E-state index contributed by atoms with van der Waals surface area (Å²) >= 11 is 0. The van der Waals surface area contributed by atoms with Crippen LogP contribution in [0.3, 0.4) is 0 Å². The second-order valence-corrected chi connectivity index (χ2v) is 6.29. The molecule has 2 heteroatoms. The molecule has 2 nitrogen and oxygen atoms in total. The van der Waals surface area contributed by atoms with Gasteiger partial charge >= 0.3 is 0 Å². The highest BCUT2D eigenvalue weighted by atomic mass is 16.5. The van der Waals surface area contributed by atoms with Crippen LogP contribution in [0.4, 0.5) is 0 Å². The van der Waals surface area contributed by atoms with Gasteiger partial charge in [-0.1, -0.05) is 84.0 Å². The molecule has 0 aliphatic heterocycles. The van der Waals surface area contributed by atoms with E-state index in [4.69, 9.17) is 9.84 Å². The van der Waals surface area contributed by atoms with Gasteiger partial charge in [0.05, 0.1) is 0 Å². The highest BCUT2D eigenvalue weighted by Gasteiger charge is 1.94. The first-order valence-corrected chi connectivity index (χ1v) is 9.60. The van der Waals surface area contributed by atoms with Crippen LogP contribution in [0.2, 0.25) is 0 Å². The van der Waals surface area contributed by atoms with Crippen molar-refractivity contribution in [2.45, 2.75) is 103 Å². The van der Waals surface area contributed by atoms with E-state index in [1.165, 1.54) is 83.5 Å². The van der Waals surface area contributed by atoms with E-state index in [0.29, 0.717) is 6.61 Å². The van der Waals surface area contributed by atoms with E-state index >= 15 is 0 Å². The van der Waals surface area contributed by atoms with Crippen molar-refractivity contribution in [2.75, 3.05) is 19.8 Å². The molecule has 0 aromatic heterocycles. The molecule has 0 rings (SSSR count). The third kappa shape index (κ3) is 19.9. The Balaban J connectivity index is 2.90. The standard InChI is InChI=1S/C19H40O2/c1-2-3-4-5-6-7-8-9-12-15-18-21-19-16-13-10-11-14-17-20/h20H,2-19H2,1H3. The van der Waals surface area contributed by atoms with E-state index in [1.807, 2.05) is 0 Å². The maximum Gasteiger partial charge on any atom is 0.0466 e. The summed E-state index contributed by atoms with van der Waals surface area (Å²) in [4.78, 5) is 0. The van der Waals surface area contributed by atoms with Crippen LogP contribution in [-0.4, -0.2) is 24.9 Å². The van der Waals surface area contributed by atoms with Gasteiger partial charge in [0.1, 0.15) is 0 Å². The van der Waals surface area contributed by atoms with Crippen molar-refractivity contribution in [1.29, 1.82) is 0 Å². The number of aliphatic hydroxyl groups excluding tert-OH is 1. The highest BCUT2D eigenvalue weighted by molar-refractivity contribution is 4.48. The van der Waals surface area contributed by atoms with Gasteiger partial charge in [-0.15, -0.1) is 0 Å². The van der Waals surface area contributed by atoms with E-state index in [9.17, 15) is 0 Å². The van der Waals surface area contributed by atoms with E-state index in [2.05, 4.69) is 6.92 Å². The van der Waals surface area contributed by atoms with Gasteiger partial charge in [-0.2, -0.15) is 0 Å². The number of hydrogen-bond acceptors (Lipinski definition) is 2. The van der Waals surface area contributed by atoms with Crippen LogP contribution in [0, 0.1) is 0 Å². The Morgan fingerprint density at radius 2 is 0.905 bits per heavy atom. The molecule has 0 heterocycles. The van der Waals surface area contributed by atoms with Gasteiger partial charge in [-0.25, -0.2) is 0 Å². The number of rotatable bonds is 18. The van der Waals surface area contributed by atoms with Crippen molar-refractivity contribution in [2.24, 2.45) is 0 Å². The average molecular weight is 301 g/mol. The average Bonchev–Trinajstić information content (AvgIpc) is 2.50. The Hall–Kier alpha value is -0.0800. The van der Waals surface area contributed by atoms with E-state index in [-0.39, 0.29) is 0 Å². The fraction of sp³-hybridized carbons (Fsp3) is 1.00. The Morgan fingerprint density at radius 1 is 0.524 bits per heavy atom. The number of aliphatic hydroxyl groups is 1. The quantitative estimate of drug-likeness (QED) is 0.321. The summed E-state index contributed by atoms with van der Waals surface area (Å²) in [6.45, 7) is 4.50. The Morgan fingerprint density at radius 3 is 1.33 bits per heavy atom. The fourth-order valence-corrected chi connectivity index (χ4v) is 2.64. The lowest BCUT2D eigenvalue weighted by molar-refractivity contribution is 0.125. The number of ether oxygens (including phenoxy) is 1. The molecular weight excluding hydrogens is 260 g/mol. The molecule has 0 aliphatic carbocycles. The van der Waals surface area contributed by atoms with Gasteiger partial charge in [-0.3, -0.25) is 0 Å². The molecular formula is C19H40O2. The first-order chi connectivity index (χ1) is 10.4. The summed E-state index contributed by atoms with van der Waals surface area (Å²) in [7, 11) is 0. The summed E-state index contributed by atoms with van der Waals surface area (Å²) in [6, 6.07) is 0. The fourth-order valence-electron chi connectivity index (χ4n) is 2.64. The molecule has 0 saturated heterocycles. The van der Waals surface area contributed by atoms with Crippen molar-refractivity contribution >= 4 is 0 Å². The molecule has 0 amide bonds. The van der Waals surface area contributed by atoms with Gasteiger partial charge in [0.25, 0.3) is 0 Å². The van der Waals surface area contributed by atoms with Gasteiger partial charge in [-0.05, 0) is 19.3 Å². The second-order valence-electron chi connectivity index (χ2n) is 6.29. The smallest absolute Gasteiger partial charge is 0.0466 e. The molecule has 0 aliphatic rings. The van der Waals surface area contributed by atoms with E-state index < -0.39 is 0 Å². The molecule has 0 saturated carbocycles. The maximum absolute atomic E-state index is 8.67. The molecule has 0 radical (unpaired) electrons. The predicted molar refractivity (Wildman–Crippen MR) is 92.8 cm³/mol. The summed E-state index contributed by atoms with van der Waals surface area (Å²) < 4.78 is 5.66. The monoisotopic (exact) mass is 300 g/mol. The minimum Gasteiger partial charge on any atom is -0.396 e. The molecule has 0 aromatic rings. The number of hydrogen-bond donors (Lipinski definition) is 1. The lowest BCUT2D eigenvalue weighted by Crippen LogP contribution is -1.97. The van der Waals surface area contributed by atoms with Crippen LogP contribution in [-0.2, 0) is 4.74 Å². The Labute approximate surface area is 133 Å². The first kappa shape index (κ1) is 20.9. The summed E-state index contributed by atoms with van der Waals surface area (Å²) in [6.07, 6.45) is 19.7. The van der Waals surface area contributed by atoms with Gasteiger partial charge in [0, 0.05) is 19.8 Å². The van der Waals surface area contributed by atoms with Crippen LogP contribution >= 0.6 is 0 Å². The minimum absolute atomic E-state index is 0.342. The molecule has 1 N–H and O–H groups in total. The van der Waals surface area contributed by atoms with Crippen LogP contribution < -0.4 is 0 Å². The molecule has 0 fully saturated rings. The molecule has 0 unspecified atom stereocenters. The van der Waals surface area contributed by atoms with Crippen molar-refractivity contribution in [1.82, 2.24) is 0 Å². The molecule has 0 aromatic carbocycles. The SMILES string of the molecule is CCCCCCCCCCCCOCCCCCCCO. The Bertz CT molecular complexity index is 153. The molecule has 0 atom stereocenters. The van der Waals surface area contributed by atoms with E-state index in [0.717, 1.165) is 26.1 Å². The summed E-state index contributed by atoms with van der Waals surface area (Å²) in [5.74, 6) is 0. The molecule has 21 heavy (non-hydrogen) atoms. The highest BCUT2D eigenvalue weighted by Crippen LogP contribution is 2.10. The minimum atomic E-state index is 0.342. The van der Waals surface area contributed by atoms with Crippen LogP contribution in [0.15, 0.2) is 0 Å². The van der Waals surface area contributed by atoms with Gasteiger partial charge < -0.3 is 9.84 Å². The topological polar surface area (TPSA) is 29.5 Å². The van der Waals surface area contributed by atoms with Crippen molar-refractivity contribution in [3.05, 3.63) is 0 Å². The van der Waals surface area contributed by atoms with Crippen LogP contribution in [0.5, 0.6) is 0 Å².